The van der Waals surface area contributed by atoms with Gasteiger partial charge < -0.3 is 0 Å². The first kappa shape index (κ1) is 8.59. The summed E-state index contributed by atoms with van der Waals surface area (Å²) in [5.41, 5.74) is -0.0372. The van der Waals surface area contributed by atoms with Gasteiger partial charge in [-0.15, -0.1) is 0 Å². The number of rotatable bonds is 2. The van der Waals surface area contributed by atoms with Crippen molar-refractivity contribution in [3.05, 3.63) is 41.5 Å². The van der Waals surface area contributed by atoms with Gasteiger partial charge in [0.05, 0.1) is 5.56 Å². The Kier molecular flexibility index (Phi) is 2.33. The molecule has 0 radical (unpaired) electrons. The van der Waals surface area contributed by atoms with Crippen molar-refractivity contribution in [1.29, 1.82) is 0 Å². The molecule has 12 heavy (non-hydrogen) atoms. The van der Waals surface area contributed by atoms with Crippen LogP contribution in [0.2, 0.25) is 0 Å². The third kappa shape index (κ3) is 1.39. The first-order chi connectivity index (χ1) is 5.69. The van der Waals surface area contributed by atoms with Gasteiger partial charge in [-0.25, -0.2) is 8.78 Å². The molecular formula is C9H6F2O. The van der Waals surface area contributed by atoms with Crippen molar-refractivity contribution in [3.8, 4) is 0 Å². The molecule has 1 nitrogen and oxygen atoms in total. The molecule has 0 saturated carbocycles. The first-order valence-electron chi connectivity index (χ1n) is 3.25. The highest BCUT2D eigenvalue weighted by molar-refractivity contribution is 5.76. The normalized spacial score (nSPS) is 9.50. The predicted octanol–water partition coefficient (Wildman–Crippen LogP) is 2.42. The Balaban J connectivity index is 3.36. The highest BCUT2D eigenvalue weighted by Crippen LogP contribution is 2.14. The molecule has 62 valence electrons. The summed E-state index contributed by atoms with van der Waals surface area (Å²) in [7, 11) is 0. The monoisotopic (exact) mass is 168 g/mol. The molecule has 0 aliphatic heterocycles. The van der Waals surface area contributed by atoms with Crippen LogP contribution in [-0.2, 0) is 0 Å². The van der Waals surface area contributed by atoms with Crippen LogP contribution in [-0.4, -0.2) is 6.29 Å². The smallest absolute Gasteiger partial charge is 0.153 e. The fourth-order valence-electron chi connectivity index (χ4n) is 0.830. The van der Waals surface area contributed by atoms with Gasteiger partial charge in [-0.2, -0.15) is 0 Å². The average molecular weight is 168 g/mol. The van der Waals surface area contributed by atoms with Crippen molar-refractivity contribution >= 4 is 12.4 Å². The van der Waals surface area contributed by atoms with E-state index in [9.17, 15) is 13.6 Å². The quantitative estimate of drug-likeness (QED) is 0.620. The molecule has 0 spiro atoms. The van der Waals surface area contributed by atoms with Gasteiger partial charge in [0.2, 0.25) is 0 Å². The zero-order chi connectivity index (χ0) is 9.14. The summed E-state index contributed by atoms with van der Waals surface area (Å²) in [5, 5.41) is 0. The molecule has 3 heteroatoms. The number of benzene rings is 1. The van der Waals surface area contributed by atoms with Gasteiger partial charge in [0.25, 0.3) is 0 Å². The summed E-state index contributed by atoms with van der Waals surface area (Å²) >= 11 is 0. The third-order valence-electron chi connectivity index (χ3n) is 1.46. The van der Waals surface area contributed by atoms with Gasteiger partial charge in [-0.05, 0) is 6.07 Å². The van der Waals surface area contributed by atoms with Crippen LogP contribution in [0.4, 0.5) is 8.78 Å². The maximum Gasteiger partial charge on any atom is 0.153 e. The molecule has 0 aliphatic carbocycles. The molecule has 1 rings (SSSR count). The van der Waals surface area contributed by atoms with Gasteiger partial charge in [-0.3, -0.25) is 4.79 Å². The van der Waals surface area contributed by atoms with Crippen molar-refractivity contribution < 1.29 is 13.6 Å². The molecule has 0 unspecified atom stereocenters. The van der Waals surface area contributed by atoms with Crippen LogP contribution in [0.5, 0.6) is 0 Å². The lowest BCUT2D eigenvalue weighted by molar-refractivity contribution is 0.111. The summed E-state index contributed by atoms with van der Waals surface area (Å²) in [4.78, 5) is 10.2. The van der Waals surface area contributed by atoms with Gasteiger partial charge >= 0.3 is 0 Å². The molecule has 0 amide bonds. The van der Waals surface area contributed by atoms with Crippen molar-refractivity contribution in [2.75, 3.05) is 0 Å². The van der Waals surface area contributed by atoms with Crippen LogP contribution in [0.15, 0.2) is 18.7 Å². The maximum absolute atomic E-state index is 12.7. The van der Waals surface area contributed by atoms with E-state index in [1.807, 2.05) is 0 Å². The van der Waals surface area contributed by atoms with E-state index in [1.54, 1.807) is 0 Å². The SMILES string of the molecule is C=Cc1cc(C=O)c(F)cc1F. The van der Waals surface area contributed by atoms with Crippen molar-refractivity contribution in [2.45, 2.75) is 0 Å². The number of aldehydes is 1. The van der Waals surface area contributed by atoms with Crippen molar-refractivity contribution in [3.63, 3.8) is 0 Å². The lowest BCUT2D eigenvalue weighted by atomic mass is 10.1. The van der Waals surface area contributed by atoms with E-state index >= 15 is 0 Å². The third-order valence-corrected chi connectivity index (χ3v) is 1.46. The lowest BCUT2D eigenvalue weighted by Gasteiger charge is -1.98. The van der Waals surface area contributed by atoms with Crippen LogP contribution in [0.1, 0.15) is 15.9 Å². The lowest BCUT2D eigenvalue weighted by Crippen LogP contribution is -1.92. The van der Waals surface area contributed by atoms with Crippen molar-refractivity contribution in [1.82, 2.24) is 0 Å². The number of carbonyl (C=O) groups is 1. The fourth-order valence-corrected chi connectivity index (χ4v) is 0.830. The summed E-state index contributed by atoms with van der Waals surface area (Å²) in [6.45, 7) is 3.32. The highest BCUT2D eigenvalue weighted by Gasteiger charge is 2.06. The molecule has 1 aromatic carbocycles. The van der Waals surface area contributed by atoms with Crippen molar-refractivity contribution in [2.24, 2.45) is 0 Å². The first-order valence-corrected chi connectivity index (χ1v) is 3.25. The van der Waals surface area contributed by atoms with Gasteiger partial charge in [0.1, 0.15) is 11.6 Å². The average Bonchev–Trinajstić information content (AvgIpc) is 2.05. The summed E-state index contributed by atoms with van der Waals surface area (Å²) in [5.74, 6) is -1.57. The number of carbonyl (C=O) groups excluding carboxylic acids is 1. The standard InChI is InChI=1S/C9H6F2O/c1-2-6-3-7(5-12)9(11)4-8(6)10/h2-5H,1H2. The summed E-state index contributed by atoms with van der Waals surface area (Å²) < 4.78 is 25.4. The zero-order valence-electron chi connectivity index (χ0n) is 6.18. The van der Waals surface area contributed by atoms with Crippen LogP contribution < -0.4 is 0 Å². The largest absolute Gasteiger partial charge is 0.298 e. The molecule has 0 aromatic heterocycles. The Labute approximate surface area is 68.3 Å². The van der Waals surface area contributed by atoms with Gasteiger partial charge in [-0.1, -0.05) is 12.7 Å². The van der Waals surface area contributed by atoms with Crippen LogP contribution in [0.3, 0.4) is 0 Å². The Morgan fingerprint density at radius 3 is 2.25 bits per heavy atom. The maximum atomic E-state index is 12.7. The minimum Gasteiger partial charge on any atom is -0.298 e. The van der Waals surface area contributed by atoms with Crippen LogP contribution >= 0.6 is 0 Å². The molecule has 0 bridgehead atoms. The predicted molar refractivity (Wildman–Crippen MR) is 41.8 cm³/mol. The molecular weight excluding hydrogens is 162 g/mol. The van der Waals surface area contributed by atoms with E-state index in [-0.39, 0.29) is 11.1 Å². The van der Waals surface area contributed by atoms with Crippen LogP contribution in [0, 0.1) is 11.6 Å². The topological polar surface area (TPSA) is 17.1 Å². The second-order valence-corrected chi connectivity index (χ2v) is 2.22. The minimum atomic E-state index is -0.854. The molecule has 0 aliphatic rings. The highest BCUT2D eigenvalue weighted by atomic mass is 19.1. The van der Waals surface area contributed by atoms with E-state index in [1.165, 1.54) is 6.08 Å². The fraction of sp³-hybridized carbons (Fsp3) is 0. The summed E-state index contributed by atoms with van der Waals surface area (Å²) in [6.07, 6.45) is 1.56. The second-order valence-electron chi connectivity index (χ2n) is 2.22. The molecule has 0 saturated heterocycles. The molecule has 0 heterocycles. The van der Waals surface area contributed by atoms with E-state index in [2.05, 4.69) is 6.58 Å². The Morgan fingerprint density at radius 2 is 1.75 bits per heavy atom. The van der Waals surface area contributed by atoms with E-state index in [4.69, 9.17) is 0 Å². The second kappa shape index (κ2) is 3.26. The van der Waals surface area contributed by atoms with E-state index in [0.717, 1.165) is 6.07 Å². The zero-order valence-corrected chi connectivity index (χ0v) is 6.18. The Bertz CT molecular complexity index is 302. The number of hydrogen-bond donors (Lipinski definition) is 0. The molecule has 1 aromatic rings. The number of hydrogen-bond acceptors (Lipinski definition) is 1. The van der Waals surface area contributed by atoms with Gasteiger partial charge in [0, 0.05) is 11.6 Å². The molecule has 0 atom stereocenters. The summed E-state index contributed by atoms with van der Waals surface area (Å²) in [6, 6.07) is 1.78. The van der Waals surface area contributed by atoms with E-state index in [0.29, 0.717) is 12.4 Å². The Hall–Kier alpha value is -1.51. The van der Waals surface area contributed by atoms with Gasteiger partial charge in [0.15, 0.2) is 6.29 Å². The minimum absolute atomic E-state index is 0.124. The van der Waals surface area contributed by atoms with Crippen LogP contribution in [0.25, 0.3) is 6.08 Å². The van der Waals surface area contributed by atoms with E-state index < -0.39 is 11.6 Å². The molecule has 0 fully saturated rings. The molecule has 0 N–H and O–H groups in total. The number of halogens is 2. The Morgan fingerprint density at radius 1 is 1.17 bits per heavy atom.